The monoisotopic (exact) mass is 316 g/mol. The predicted octanol–water partition coefficient (Wildman–Crippen LogP) is 6.70. The van der Waals surface area contributed by atoms with Crippen molar-refractivity contribution in [3.05, 3.63) is 0 Å². The van der Waals surface area contributed by atoms with Crippen molar-refractivity contribution in [3.8, 4) is 0 Å². The van der Waals surface area contributed by atoms with E-state index in [0.29, 0.717) is 0 Å². The van der Waals surface area contributed by atoms with Crippen molar-refractivity contribution in [3.63, 3.8) is 0 Å². The fourth-order valence-electron chi connectivity index (χ4n) is 1.06. The molecule has 0 spiro atoms. The van der Waals surface area contributed by atoms with Crippen LogP contribution >= 0.6 is 0 Å². The van der Waals surface area contributed by atoms with Gasteiger partial charge in [0.25, 0.3) is 0 Å². The molecule has 0 atom stereocenters. The van der Waals surface area contributed by atoms with Gasteiger partial charge in [0.2, 0.25) is 0 Å². The van der Waals surface area contributed by atoms with Crippen LogP contribution in [0.1, 0.15) is 84.6 Å². The normalized spacial score (nSPS) is 7.14. The van der Waals surface area contributed by atoms with E-state index in [9.17, 15) is 0 Å². The van der Waals surface area contributed by atoms with Gasteiger partial charge in [0.05, 0.1) is 0 Å². The van der Waals surface area contributed by atoms with Gasteiger partial charge < -0.3 is 14.2 Å². The van der Waals surface area contributed by atoms with Crippen LogP contribution in [0.4, 0.5) is 0 Å². The van der Waals surface area contributed by atoms with E-state index in [0.717, 1.165) is 58.7 Å². The average molecular weight is 317 g/mol. The number of methoxy groups -OCH3 is 1. The quantitative estimate of drug-likeness (QED) is 0.397. The molecule has 142 valence electrons. The zero-order valence-corrected chi connectivity index (χ0v) is 9.59. The van der Waals surface area contributed by atoms with Crippen LogP contribution < -0.4 is 0 Å². The third kappa shape index (κ3) is 53.7. The standard InChI is InChI=1S/C11H24O3.7CH4/c1-3-7-13-10-6-11-14-9-5-4-8-12-2;;;;;;;/h3-11H2,1-2H3;7*1H4. The Kier molecular flexibility index (Phi) is 119. The molecule has 0 N–H and O–H groups in total. The van der Waals surface area contributed by atoms with E-state index in [2.05, 4.69) is 6.92 Å². The van der Waals surface area contributed by atoms with Gasteiger partial charge >= 0.3 is 0 Å². The van der Waals surface area contributed by atoms with Crippen LogP contribution in [0.15, 0.2) is 0 Å². The van der Waals surface area contributed by atoms with E-state index in [-0.39, 0.29) is 52.0 Å². The molecule has 21 heavy (non-hydrogen) atoms. The summed E-state index contributed by atoms with van der Waals surface area (Å²) in [4.78, 5) is 0. The van der Waals surface area contributed by atoms with Crippen LogP contribution in [0.25, 0.3) is 0 Å². The zero-order chi connectivity index (χ0) is 10.5. The summed E-state index contributed by atoms with van der Waals surface area (Å²) >= 11 is 0. The fraction of sp³-hybridized carbons (Fsp3) is 1.00. The van der Waals surface area contributed by atoms with Gasteiger partial charge in [-0.2, -0.15) is 0 Å². The lowest BCUT2D eigenvalue weighted by molar-refractivity contribution is 0.0785. The molecule has 0 saturated carbocycles. The smallest absolute Gasteiger partial charge is 0.0487 e. The van der Waals surface area contributed by atoms with E-state index >= 15 is 0 Å². The second-order valence-corrected chi connectivity index (χ2v) is 3.28. The molecule has 0 aromatic heterocycles. The Bertz CT molecular complexity index is 86.5. The molecule has 0 fully saturated rings. The molecule has 0 aliphatic carbocycles. The minimum Gasteiger partial charge on any atom is -0.385 e. The molecule has 0 rings (SSSR count). The summed E-state index contributed by atoms with van der Waals surface area (Å²) in [6.07, 6.45) is 4.27. The molecule has 0 heterocycles. The van der Waals surface area contributed by atoms with E-state index in [1.54, 1.807) is 7.11 Å². The summed E-state index contributed by atoms with van der Waals surface area (Å²) in [6, 6.07) is 0. The van der Waals surface area contributed by atoms with Crippen LogP contribution in [0.2, 0.25) is 0 Å². The highest BCUT2D eigenvalue weighted by molar-refractivity contribution is 4.39. The van der Waals surface area contributed by atoms with Gasteiger partial charge in [0, 0.05) is 40.1 Å². The molecular formula is C18H52O3. The molecule has 0 amide bonds. The van der Waals surface area contributed by atoms with Crippen molar-refractivity contribution in [1.29, 1.82) is 0 Å². The topological polar surface area (TPSA) is 27.7 Å². The van der Waals surface area contributed by atoms with Crippen molar-refractivity contribution < 1.29 is 14.2 Å². The first-order chi connectivity index (χ1) is 6.91. The first kappa shape index (κ1) is 49.7. The van der Waals surface area contributed by atoms with Gasteiger partial charge in [-0.3, -0.25) is 0 Å². The van der Waals surface area contributed by atoms with Crippen molar-refractivity contribution in [1.82, 2.24) is 0 Å². The predicted molar refractivity (Wildman–Crippen MR) is 105 cm³/mol. The molecular weight excluding hydrogens is 264 g/mol. The Balaban J connectivity index is -0.0000000402. The van der Waals surface area contributed by atoms with Crippen molar-refractivity contribution in [2.24, 2.45) is 0 Å². The van der Waals surface area contributed by atoms with Crippen molar-refractivity contribution in [2.45, 2.75) is 84.6 Å². The summed E-state index contributed by atoms with van der Waals surface area (Å²) in [5, 5.41) is 0. The highest BCUT2D eigenvalue weighted by atomic mass is 16.5. The lowest BCUT2D eigenvalue weighted by Crippen LogP contribution is -2.03. The SMILES string of the molecule is C.C.C.C.C.C.C.CCCOCCCOCCCCOC. The summed E-state index contributed by atoms with van der Waals surface area (Å²) in [6.45, 7) is 6.31. The van der Waals surface area contributed by atoms with Gasteiger partial charge in [0.1, 0.15) is 0 Å². The Morgan fingerprint density at radius 1 is 0.524 bits per heavy atom. The van der Waals surface area contributed by atoms with Crippen molar-refractivity contribution >= 4 is 0 Å². The molecule has 0 saturated heterocycles. The molecule has 0 bridgehead atoms. The van der Waals surface area contributed by atoms with E-state index in [4.69, 9.17) is 14.2 Å². The lowest BCUT2D eigenvalue weighted by Gasteiger charge is -2.04. The molecule has 0 aromatic carbocycles. The van der Waals surface area contributed by atoms with Crippen LogP contribution in [-0.4, -0.2) is 40.1 Å². The third-order valence-electron chi connectivity index (χ3n) is 1.81. The number of unbranched alkanes of at least 4 members (excludes halogenated alkanes) is 1. The Morgan fingerprint density at radius 2 is 0.905 bits per heavy atom. The average Bonchev–Trinajstić information content (AvgIpc) is 2.21. The maximum absolute atomic E-state index is 5.42. The first-order valence-corrected chi connectivity index (χ1v) is 5.56. The van der Waals surface area contributed by atoms with Crippen LogP contribution in [0, 0.1) is 0 Å². The van der Waals surface area contributed by atoms with Gasteiger partial charge in [-0.15, -0.1) is 0 Å². The van der Waals surface area contributed by atoms with Crippen LogP contribution in [0.5, 0.6) is 0 Å². The van der Waals surface area contributed by atoms with Gasteiger partial charge in [-0.05, 0) is 25.7 Å². The van der Waals surface area contributed by atoms with Crippen LogP contribution in [0.3, 0.4) is 0 Å². The molecule has 0 unspecified atom stereocenters. The number of ether oxygens (including phenoxy) is 3. The summed E-state index contributed by atoms with van der Waals surface area (Å²) in [7, 11) is 1.73. The first-order valence-electron chi connectivity index (χ1n) is 5.56. The largest absolute Gasteiger partial charge is 0.385 e. The molecule has 3 heteroatoms. The second kappa shape index (κ2) is 50.2. The molecule has 3 nitrogen and oxygen atoms in total. The van der Waals surface area contributed by atoms with Crippen LogP contribution in [-0.2, 0) is 14.2 Å². The molecule has 0 aliphatic heterocycles. The Labute approximate surface area is 139 Å². The number of rotatable bonds is 11. The van der Waals surface area contributed by atoms with Gasteiger partial charge in [-0.1, -0.05) is 58.9 Å². The third-order valence-corrected chi connectivity index (χ3v) is 1.81. The minimum absolute atomic E-state index is 0. The Morgan fingerprint density at radius 3 is 1.33 bits per heavy atom. The second-order valence-electron chi connectivity index (χ2n) is 3.28. The van der Waals surface area contributed by atoms with Gasteiger partial charge in [0.15, 0.2) is 0 Å². The summed E-state index contributed by atoms with van der Waals surface area (Å²) in [5.74, 6) is 0. The lowest BCUT2D eigenvalue weighted by atomic mass is 10.3. The summed E-state index contributed by atoms with van der Waals surface area (Å²) < 4.78 is 15.7. The van der Waals surface area contributed by atoms with Gasteiger partial charge in [-0.25, -0.2) is 0 Å². The number of hydrogen-bond acceptors (Lipinski definition) is 3. The van der Waals surface area contributed by atoms with E-state index in [1.807, 2.05) is 0 Å². The zero-order valence-electron chi connectivity index (χ0n) is 9.59. The Hall–Kier alpha value is -0.120. The molecule has 0 aliphatic rings. The fourth-order valence-corrected chi connectivity index (χ4v) is 1.06. The van der Waals surface area contributed by atoms with Crippen molar-refractivity contribution in [2.75, 3.05) is 40.1 Å². The van der Waals surface area contributed by atoms with E-state index < -0.39 is 0 Å². The highest BCUT2D eigenvalue weighted by Crippen LogP contribution is 1.92. The number of hydrogen-bond donors (Lipinski definition) is 0. The van der Waals surface area contributed by atoms with E-state index in [1.165, 1.54) is 0 Å². The maximum Gasteiger partial charge on any atom is 0.0487 e. The summed E-state index contributed by atoms with van der Waals surface area (Å²) in [5.41, 5.74) is 0. The maximum atomic E-state index is 5.42. The highest BCUT2D eigenvalue weighted by Gasteiger charge is 1.90. The minimum atomic E-state index is 0. The molecule has 0 aromatic rings. The molecule has 0 radical (unpaired) electrons.